The van der Waals surface area contributed by atoms with Crippen molar-refractivity contribution in [1.82, 2.24) is 25.0 Å². The first-order valence-corrected chi connectivity index (χ1v) is 11.1. The van der Waals surface area contributed by atoms with Crippen LogP contribution in [0.15, 0.2) is 18.2 Å². The first kappa shape index (κ1) is 19.0. The average molecular weight is 397 g/mol. The molecule has 1 unspecified atom stereocenters. The number of morpholine rings is 1. The van der Waals surface area contributed by atoms with Crippen molar-refractivity contribution in [2.75, 3.05) is 50.8 Å². The largest absolute Gasteiger partial charge is 0.378 e. The highest BCUT2D eigenvalue weighted by molar-refractivity contribution is 5.51. The van der Waals surface area contributed by atoms with Crippen molar-refractivity contribution in [3.8, 4) is 0 Å². The van der Waals surface area contributed by atoms with Gasteiger partial charge < -0.3 is 19.5 Å². The van der Waals surface area contributed by atoms with Crippen molar-refractivity contribution in [3.05, 3.63) is 41.0 Å². The minimum Gasteiger partial charge on any atom is -0.378 e. The highest BCUT2D eigenvalue weighted by Gasteiger charge is 2.26. The molecule has 7 heteroatoms. The van der Waals surface area contributed by atoms with E-state index in [-0.39, 0.29) is 0 Å². The van der Waals surface area contributed by atoms with Gasteiger partial charge in [0.15, 0.2) is 0 Å². The van der Waals surface area contributed by atoms with E-state index in [0.717, 1.165) is 77.1 Å². The molecule has 2 fully saturated rings. The van der Waals surface area contributed by atoms with Gasteiger partial charge in [0.25, 0.3) is 0 Å². The molecule has 2 aromatic rings. The molecule has 0 saturated carbocycles. The minimum absolute atomic E-state index is 0.387. The summed E-state index contributed by atoms with van der Waals surface area (Å²) in [5.74, 6) is 2.29. The van der Waals surface area contributed by atoms with Crippen LogP contribution in [0.1, 0.15) is 41.7 Å². The number of nitrogens with zero attached hydrogens (tertiary/aromatic N) is 5. The first-order valence-electron chi connectivity index (χ1n) is 11.1. The second kappa shape index (κ2) is 8.42. The van der Waals surface area contributed by atoms with E-state index in [0.29, 0.717) is 6.04 Å². The van der Waals surface area contributed by atoms with Crippen molar-refractivity contribution in [1.29, 1.82) is 0 Å². The number of benzene rings is 1. The van der Waals surface area contributed by atoms with E-state index in [1.807, 2.05) is 0 Å². The van der Waals surface area contributed by atoms with Crippen molar-refractivity contribution in [2.45, 2.75) is 45.3 Å². The zero-order valence-electron chi connectivity index (χ0n) is 17.4. The van der Waals surface area contributed by atoms with Crippen LogP contribution in [-0.4, -0.2) is 65.6 Å². The third kappa shape index (κ3) is 4.04. The molecule has 5 rings (SSSR count). The second-order valence-corrected chi connectivity index (χ2v) is 8.51. The SMILES string of the molecule is Cc1cc(N2CCOCC2)ccc1CN1CCc2nnc(C3CCCN3)n2CC1. The Bertz CT molecular complexity index is 838. The Labute approximate surface area is 173 Å². The van der Waals surface area contributed by atoms with Gasteiger partial charge in [-0.1, -0.05) is 6.07 Å². The summed E-state index contributed by atoms with van der Waals surface area (Å²) in [4.78, 5) is 4.99. The molecule has 1 aromatic carbocycles. The Kier molecular flexibility index (Phi) is 5.52. The molecule has 7 nitrogen and oxygen atoms in total. The maximum atomic E-state index is 5.48. The Morgan fingerprint density at radius 2 is 2.00 bits per heavy atom. The maximum Gasteiger partial charge on any atom is 0.150 e. The Balaban J connectivity index is 1.24. The average Bonchev–Trinajstić information content (AvgIpc) is 3.37. The van der Waals surface area contributed by atoms with Crippen molar-refractivity contribution < 1.29 is 4.74 Å². The first-order chi connectivity index (χ1) is 14.3. The van der Waals surface area contributed by atoms with Crippen LogP contribution in [0.25, 0.3) is 0 Å². The van der Waals surface area contributed by atoms with Crippen LogP contribution in [-0.2, 0) is 24.2 Å². The molecule has 29 heavy (non-hydrogen) atoms. The van der Waals surface area contributed by atoms with Gasteiger partial charge in [-0.3, -0.25) is 4.90 Å². The number of aryl methyl sites for hydroxylation is 1. The fourth-order valence-electron chi connectivity index (χ4n) is 4.83. The molecule has 0 amide bonds. The molecule has 1 atom stereocenters. The predicted octanol–water partition coefficient (Wildman–Crippen LogP) is 1.91. The van der Waals surface area contributed by atoms with Crippen LogP contribution < -0.4 is 10.2 Å². The number of nitrogens with one attached hydrogen (secondary N) is 1. The molecule has 3 aliphatic rings. The number of fused-ring (bicyclic) bond motifs is 1. The normalized spacial score (nSPS) is 23.2. The quantitative estimate of drug-likeness (QED) is 0.852. The van der Waals surface area contributed by atoms with Crippen molar-refractivity contribution in [3.63, 3.8) is 0 Å². The van der Waals surface area contributed by atoms with E-state index in [1.165, 1.54) is 29.7 Å². The Hall–Kier alpha value is -1.96. The van der Waals surface area contributed by atoms with Gasteiger partial charge in [-0.25, -0.2) is 0 Å². The molecular weight excluding hydrogens is 364 g/mol. The molecule has 2 saturated heterocycles. The van der Waals surface area contributed by atoms with E-state index in [9.17, 15) is 0 Å². The van der Waals surface area contributed by atoms with Crippen LogP contribution in [0.3, 0.4) is 0 Å². The van der Waals surface area contributed by atoms with E-state index < -0.39 is 0 Å². The van der Waals surface area contributed by atoms with Gasteiger partial charge in [-0.15, -0.1) is 10.2 Å². The van der Waals surface area contributed by atoms with Crippen LogP contribution in [0.4, 0.5) is 5.69 Å². The summed E-state index contributed by atoms with van der Waals surface area (Å²) in [6.45, 7) is 11.1. The summed E-state index contributed by atoms with van der Waals surface area (Å²) < 4.78 is 7.86. The lowest BCUT2D eigenvalue weighted by Gasteiger charge is -2.29. The van der Waals surface area contributed by atoms with E-state index in [1.54, 1.807) is 0 Å². The summed E-state index contributed by atoms with van der Waals surface area (Å²) in [7, 11) is 0. The van der Waals surface area contributed by atoms with Crippen LogP contribution in [0.5, 0.6) is 0 Å². The molecule has 4 heterocycles. The highest BCUT2D eigenvalue weighted by Crippen LogP contribution is 2.25. The monoisotopic (exact) mass is 396 g/mol. The topological polar surface area (TPSA) is 58.5 Å². The standard InChI is InChI=1S/C22H32N6O/c1-17-15-19(27-11-13-29-14-12-27)5-4-18(17)16-26-8-6-21-24-25-22(28(21)10-9-26)20-3-2-7-23-20/h4-5,15,20,23H,2-3,6-14,16H2,1H3. The summed E-state index contributed by atoms with van der Waals surface area (Å²) in [5, 5.41) is 12.6. The Morgan fingerprint density at radius 3 is 2.79 bits per heavy atom. The smallest absolute Gasteiger partial charge is 0.150 e. The van der Waals surface area contributed by atoms with E-state index >= 15 is 0 Å². The molecule has 0 aliphatic carbocycles. The second-order valence-electron chi connectivity index (χ2n) is 8.51. The molecule has 1 aromatic heterocycles. The van der Waals surface area contributed by atoms with Crippen LogP contribution in [0, 0.1) is 6.92 Å². The van der Waals surface area contributed by atoms with Crippen LogP contribution in [0.2, 0.25) is 0 Å². The van der Waals surface area contributed by atoms with Gasteiger partial charge in [-0.2, -0.15) is 0 Å². The summed E-state index contributed by atoms with van der Waals surface area (Å²) in [5.41, 5.74) is 4.14. The highest BCUT2D eigenvalue weighted by atomic mass is 16.5. The number of hydrogen-bond donors (Lipinski definition) is 1. The third-order valence-corrected chi connectivity index (χ3v) is 6.62. The molecule has 0 bridgehead atoms. The number of aromatic nitrogens is 3. The lowest BCUT2D eigenvalue weighted by atomic mass is 10.1. The van der Waals surface area contributed by atoms with E-state index in [4.69, 9.17) is 4.74 Å². The molecule has 3 aliphatic heterocycles. The number of rotatable bonds is 4. The van der Waals surface area contributed by atoms with Gasteiger partial charge >= 0.3 is 0 Å². The zero-order chi connectivity index (χ0) is 19.6. The van der Waals surface area contributed by atoms with Gasteiger partial charge in [0.2, 0.25) is 0 Å². The summed E-state index contributed by atoms with van der Waals surface area (Å²) >= 11 is 0. The number of anilines is 1. The number of hydrogen-bond acceptors (Lipinski definition) is 6. The van der Waals surface area contributed by atoms with Gasteiger partial charge in [0, 0.05) is 51.4 Å². The zero-order valence-corrected chi connectivity index (χ0v) is 17.4. The van der Waals surface area contributed by atoms with Gasteiger partial charge in [0.1, 0.15) is 11.6 Å². The molecule has 0 radical (unpaired) electrons. The van der Waals surface area contributed by atoms with Crippen molar-refractivity contribution >= 4 is 5.69 Å². The Morgan fingerprint density at radius 1 is 1.10 bits per heavy atom. The molecule has 156 valence electrons. The van der Waals surface area contributed by atoms with E-state index in [2.05, 4.69) is 55.0 Å². The fraction of sp³-hybridized carbons (Fsp3) is 0.636. The maximum absolute atomic E-state index is 5.48. The third-order valence-electron chi connectivity index (χ3n) is 6.62. The summed E-state index contributed by atoms with van der Waals surface area (Å²) in [6, 6.07) is 7.33. The molecule has 0 spiro atoms. The molecule has 1 N–H and O–H groups in total. The van der Waals surface area contributed by atoms with Crippen LogP contribution >= 0.6 is 0 Å². The van der Waals surface area contributed by atoms with Crippen molar-refractivity contribution in [2.24, 2.45) is 0 Å². The number of ether oxygens (including phenoxy) is 1. The van der Waals surface area contributed by atoms with Gasteiger partial charge in [0.05, 0.1) is 19.3 Å². The summed E-state index contributed by atoms with van der Waals surface area (Å²) in [6.07, 6.45) is 3.39. The fourth-order valence-corrected chi connectivity index (χ4v) is 4.83. The lowest BCUT2D eigenvalue weighted by molar-refractivity contribution is 0.122. The van der Waals surface area contributed by atoms with Gasteiger partial charge in [-0.05, 0) is 49.6 Å². The predicted molar refractivity (Wildman–Crippen MR) is 113 cm³/mol. The lowest BCUT2D eigenvalue weighted by Crippen LogP contribution is -2.36. The molecular formula is C22H32N6O. The minimum atomic E-state index is 0.387.